The molecule has 5 nitrogen and oxygen atoms in total. The van der Waals surface area contributed by atoms with Crippen molar-refractivity contribution in [3.63, 3.8) is 0 Å². The molecule has 2 rings (SSSR count). The van der Waals surface area contributed by atoms with E-state index in [1.165, 1.54) is 6.34 Å². The molecule has 0 unspecified atom stereocenters. The van der Waals surface area contributed by atoms with Crippen LogP contribution >= 0.6 is 0 Å². The highest BCUT2D eigenvalue weighted by atomic mass is 16.5. The van der Waals surface area contributed by atoms with Crippen LogP contribution in [0.3, 0.4) is 0 Å². The summed E-state index contributed by atoms with van der Waals surface area (Å²) in [6.07, 6.45) is 3.63. The Hall–Kier alpha value is -2.69. The monoisotopic (exact) mass is 255 g/mol. The molecule has 0 aliphatic heterocycles. The van der Waals surface area contributed by atoms with Gasteiger partial charge in [-0.15, -0.1) is 0 Å². The van der Waals surface area contributed by atoms with Gasteiger partial charge in [0.2, 0.25) is 12.3 Å². The van der Waals surface area contributed by atoms with Crippen LogP contribution in [-0.4, -0.2) is 17.7 Å². The van der Waals surface area contributed by atoms with Crippen molar-refractivity contribution in [3.8, 4) is 11.6 Å². The van der Waals surface area contributed by atoms with Crippen LogP contribution in [0.4, 0.5) is 5.69 Å². The topological polar surface area (TPSA) is 63.6 Å². The number of aryl methyl sites for hydroxylation is 1. The molecule has 1 aromatic carbocycles. The van der Waals surface area contributed by atoms with Crippen molar-refractivity contribution < 1.29 is 9.53 Å². The van der Waals surface area contributed by atoms with E-state index in [9.17, 15) is 4.79 Å². The minimum absolute atomic E-state index is 0.546. The highest BCUT2D eigenvalue weighted by molar-refractivity contribution is 5.73. The highest BCUT2D eigenvalue weighted by Gasteiger charge is 1.98. The lowest BCUT2D eigenvalue weighted by Gasteiger charge is -2.04. The summed E-state index contributed by atoms with van der Waals surface area (Å²) in [5, 5.41) is 2.34. The third kappa shape index (κ3) is 3.92. The summed E-state index contributed by atoms with van der Waals surface area (Å²) in [5.41, 5.74) is 1.80. The fourth-order valence-electron chi connectivity index (χ4n) is 1.38. The Morgan fingerprint density at radius 2 is 2.00 bits per heavy atom. The Bertz CT molecular complexity index is 562. The molecule has 96 valence electrons. The van der Waals surface area contributed by atoms with Crippen molar-refractivity contribution in [1.29, 1.82) is 0 Å². The number of rotatable bonds is 5. The minimum atomic E-state index is 0.546. The Morgan fingerprint density at radius 1 is 1.21 bits per heavy atom. The number of aliphatic imine (C=N–C) groups is 1. The van der Waals surface area contributed by atoms with Crippen LogP contribution in [0.2, 0.25) is 0 Å². The zero-order valence-corrected chi connectivity index (χ0v) is 10.4. The van der Waals surface area contributed by atoms with E-state index in [0.717, 1.165) is 11.3 Å². The molecule has 0 fully saturated rings. The number of carbonyl (C=O) groups excluding carboxylic acids is 1. The van der Waals surface area contributed by atoms with Crippen LogP contribution < -0.4 is 10.1 Å². The molecule has 0 aliphatic carbocycles. The predicted octanol–water partition coefficient (Wildman–Crippen LogP) is 2.59. The molecule has 1 heterocycles. The average Bonchev–Trinajstić information content (AvgIpc) is 2.44. The van der Waals surface area contributed by atoms with Crippen LogP contribution in [0, 0.1) is 6.92 Å². The molecule has 0 radical (unpaired) electrons. The van der Waals surface area contributed by atoms with Crippen LogP contribution in [-0.2, 0) is 4.79 Å². The quantitative estimate of drug-likeness (QED) is 0.507. The third-order valence-electron chi connectivity index (χ3n) is 2.30. The van der Waals surface area contributed by atoms with Crippen LogP contribution in [0.5, 0.6) is 11.6 Å². The Balaban J connectivity index is 2.02. The van der Waals surface area contributed by atoms with E-state index in [2.05, 4.69) is 15.3 Å². The van der Waals surface area contributed by atoms with Crippen molar-refractivity contribution >= 4 is 18.4 Å². The first-order valence-corrected chi connectivity index (χ1v) is 5.71. The fourth-order valence-corrected chi connectivity index (χ4v) is 1.38. The number of hydrogen-bond donors (Lipinski definition) is 1. The zero-order valence-electron chi connectivity index (χ0n) is 10.4. The average molecular weight is 255 g/mol. The summed E-state index contributed by atoms with van der Waals surface area (Å²) in [6, 6.07) is 10.9. The lowest BCUT2D eigenvalue weighted by Crippen LogP contribution is -2.05. The predicted molar refractivity (Wildman–Crippen MR) is 72.8 cm³/mol. The molecule has 0 saturated heterocycles. The largest absolute Gasteiger partial charge is 0.439 e. The van der Waals surface area contributed by atoms with E-state index in [4.69, 9.17) is 4.74 Å². The summed E-state index contributed by atoms with van der Waals surface area (Å²) in [4.78, 5) is 18.2. The number of amides is 1. The van der Waals surface area contributed by atoms with Gasteiger partial charge in [-0.2, -0.15) is 0 Å². The molecule has 0 aliphatic rings. The fraction of sp³-hybridized carbons (Fsp3) is 0.0714. The van der Waals surface area contributed by atoms with Gasteiger partial charge in [-0.05, 0) is 36.8 Å². The lowest BCUT2D eigenvalue weighted by atomic mass is 10.3. The first-order valence-electron chi connectivity index (χ1n) is 5.71. The number of nitrogens with one attached hydrogen (secondary N) is 1. The van der Waals surface area contributed by atoms with Crippen LogP contribution in [0.15, 0.2) is 47.6 Å². The molecule has 0 atom stereocenters. The van der Waals surface area contributed by atoms with E-state index in [0.29, 0.717) is 18.0 Å². The maximum Gasteiger partial charge on any atom is 0.219 e. The van der Waals surface area contributed by atoms with E-state index < -0.39 is 0 Å². The summed E-state index contributed by atoms with van der Waals surface area (Å²) in [7, 11) is 0. The highest BCUT2D eigenvalue weighted by Crippen LogP contribution is 2.22. The molecular formula is C14H13N3O2. The van der Waals surface area contributed by atoms with E-state index in [-0.39, 0.29) is 0 Å². The normalized spacial score (nSPS) is 10.4. The van der Waals surface area contributed by atoms with Crippen molar-refractivity contribution in [2.45, 2.75) is 6.92 Å². The molecule has 19 heavy (non-hydrogen) atoms. The number of hydrogen-bond acceptors (Lipinski definition) is 4. The smallest absolute Gasteiger partial charge is 0.219 e. The standard InChI is InChI=1S/C14H13N3O2/c1-11-2-7-14(16-8-11)19-13-5-3-12(4-6-13)17-9-15-10-18/h2-10H,1H3,(H,15,17,18). The van der Waals surface area contributed by atoms with Gasteiger partial charge in [0.1, 0.15) is 5.75 Å². The molecular weight excluding hydrogens is 242 g/mol. The van der Waals surface area contributed by atoms with Gasteiger partial charge in [0.05, 0.1) is 12.0 Å². The van der Waals surface area contributed by atoms with Crippen molar-refractivity contribution in [3.05, 3.63) is 48.2 Å². The number of nitrogens with zero attached hydrogens (tertiary/aromatic N) is 2. The Kier molecular flexibility index (Phi) is 4.23. The Labute approximate surface area is 111 Å². The zero-order chi connectivity index (χ0) is 13.5. The molecule has 0 bridgehead atoms. The number of benzene rings is 1. The van der Waals surface area contributed by atoms with Gasteiger partial charge in [0, 0.05) is 12.3 Å². The first kappa shape index (κ1) is 12.8. The summed E-state index contributed by atoms with van der Waals surface area (Å²) in [6.45, 7) is 1.97. The number of aromatic nitrogens is 1. The third-order valence-corrected chi connectivity index (χ3v) is 2.30. The Morgan fingerprint density at radius 3 is 2.63 bits per heavy atom. The van der Waals surface area contributed by atoms with Gasteiger partial charge < -0.3 is 10.1 Å². The van der Waals surface area contributed by atoms with Gasteiger partial charge in [-0.25, -0.2) is 9.98 Å². The van der Waals surface area contributed by atoms with Crippen molar-refractivity contribution in [2.75, 3.05) is 0 Å². The van der Waals surface area contributed by atoms with E-state index in [1.807, 2.05) is 19.1 Å². The summed E-state index contributed by atoms with van der Waals surface area (Å²) < 4.78 is 5.58. The molecule has 1 aromatic heterocycles. The number of pyridine rings is 1. The molecule has 2 aromatic rings. The maximum absolute atomic E-state index is 10.0. The molecule has 1 N–H and O–H groups in total. The van der Waals surface area contributed by atoms with Gasteiger partial charge in [0.25, 0.3) is 0 Å². The minimum Gasteiger partial charge on any atom is -0.439 e. The molecule has 0 spiro atoms. The van der Waals surface area contributed by atoms with Gasteiger partial charge in [-0.1, -0.05) is 6.07 Å². The van der Waals surface area contributed by atoms with Crippen molar-refractivity contribution in [2.24, 2.45) is 4.99 Å². The van der Waals surface area contributed by atoms with Crippen molar-refractivity contribution in [1.82, 2.24) is 10.3 Å². The maximum atomic E-state index is 10.0. The lowest BCUT2D eigenvalue weighted by molar-refractivity contribution is -0.108. The second kappa shape index (κ2) is 6.30. The van der Waals surface area contributed by atoms with Gasteiger partial charge in [-0.3, -0.25) is 4.79 Å². The second-order valence-corrected chi connectivity index (χ2v) is 3.81. The first-order chi connectivity index (χ1) is 9.28. The summed E-state index contributed by atoms with van der Waals surface area (Å²) in [5.74, 6) is 1.23. The van der Waals surface area contributed by atoms with Crippen LogP contribution in [0.1, 0.15) is 5.56 Å². The second-order valence-electron chi connectivity index (χ2n) is 3.81. The molecule has 0 saturated carbocycles. The number of carbonyl (C=O) groups is 1. The SMILES string of the molecule is Cc1ccc(Oc2ccc(N=CNC=O)cc2)nc1. The van der Waals surface area contributed by atoms with Gasteiger partial charge >= 0.3 is 0 Å². The number of ether oxygens (including phenoxy) is 1. The molecule has 5 heteroatoms. The molecule has 1 amide bonds. The summed E-state index contributed by atoms with van der Waals surface area (Å²) >= 11 is 0. The van der Waals surface area contributed by atoms with E-state index >= 15 is 0 Å². The van der Waals surface area contributed by atoms with E-state index in [1.54, 1.807) is 30.5 Å². The van der Waals surface area contributed by atoms with Crippen LogP contribution in [0.25, 0.3) is 0 Å². The van der Waals surface area contributed by atoms with Gasteiger partial charge in [0.15, 0.2) is 0 Å².